The van der Waals surface area contributed by atoms with E-state index in [0.29, 0.717) is 5.92 Å². The van der Waals surface area contributed by atoms with E-state index < -0.39 is 0 Å². The Kier molecular flexibility index (Phi) is 3.18. The van der Waals surface area contributed by atoms with Crippen molar-refractivity contribution in [2.75, 3.05) is 13.1 Å². The van der Waals surface area contributed by atoms with Crippen LogP contribution in [0.1, 0.15) is 28.7 Å². The predicted octanol–water partition coefficient (Wildman–Crippen LogP) is 2.17. The maximum atomic E-state index is 4.65. The number of thiazole rings is 1. The molecule has 0 bridgehead atoms. The Morgan fingerprint density at radius 2 is 2.39 bits per heavy atom. The molecule has 4 nitrogen and oxygen atoms in total. The molecule has 1 fully saturated rings. The minimum atomic E-state index is 0.580. The molecule has 96 valence electrons. The SMILES string of the molecule is Cc1cn(C)c(C2CCN(Cc3cncs3)C2)n1. The molecule has 0 aromatic carbocycles. The van der Waals surface area contributed by atoms with Crippen LogP contribution in [0.2, 0.25) is 0 Å². The number of likely N-dealkylation sites (tertiary alicyclic amines) is 1. The zero-order valence-corrected chi connectivity index (χ0v) is 11.7. The van der Waals surface area contributed by atoms with Crippen LogP contribution in [-0.4, -0.2) is 32.5 Å². The van der Waals surface area contributed by atoms with Gasteiger partial charge in [0.15, 0.2) is 0 Å². The summed E-state index contributed by atoms with van der Waals surface area (Å²) in [6.45, 7) is 5.37. The van der Waals surface area contributed by atoms with Crippen molar-refractivity contribution in [1.29, 1.82) is 0 Å². The third-order valence-electron chi connectivity index (χ3n) is 3.53. The summed E-state index contributed by atoms with van der Waals surface area (Å²) < 4.78 is 2.18. The number of hydrogen-bond acceptors (Lipinski definition) is 4. The van der Waals surface area contributed by atoms with Crippen LogP contribution in [0, 0.1) is 6.92 Å². The van der Waals surface area contributed by atoms with E-state index in [1.54, 1.807) is 11.3 Å². The average molecular weight is 262 g/mol. The quantitative estimate of drug-likeness (QED) is 0.850. The van der Waals surface area contributed by atoms with Crippen molar-refractivity contribution in [2.24, 2.45) is 7.05 Å². The lowest BCUT2D eigenvalue weighted by atomic mass is 10.1. The molecule has 1 saturated heterocycles. The minimum Gasteiger partial charge on any atom is -0.337 e. The summed E-state index contributed by atoms with van der Waals surface area (Å²) in [7, 11) is 2.10. The second kappa shape index (κ2) is 4.82. The number of rotatable bonds is 3. The van der Waals surface area contributed by atoms with Crippen LogP contribution in [0.4, 0.5) is 0 Å². The van der Waals surface area contributed by atoms with Crippen LogP contribution in [0.15, 0.2) is 17.9 Å². The van der Waals surface area contributed by atoms with Crippen molar-refractivity contribution in [1.82, 2.24) is 19.4 Å². The molecule has 0 spiro atoms. The first-order chi connectivity index (χ1) is 8.72. The Labute approximate surface area is 111 Å². The standard InChI is InChI=1S/C13H18N4S/c1-10-6-16(2)13(15-10)11-3-4-17(7-11)8-12-5-14-9-18-12/h5-6,9,11H,3-4,7-8H2,1-2H3. The van der Waals surface area contributed by atoms with Crippen LogP contribution in [0.5, 0.6) is 0 Å². The molecule has 0 N–H and O–H groups in total. The Morgan fingerprint density at radius 1 is 1.50 bits per heavy atom. The Hall–Kier alpha value is -1.20. The van der Waals surface area contributed by atoms with E-state index >= 15 is 0 Å². The first kappa shape index (κ1) is 11.9. The Morgan fingerprint density at radius 3 is 3.06 bits per heavy atom. The van der Waals surface area contributed by atoms with Gasteiger partial charge in [-0.3, -0.25) is 9.88 Å². The van der Waals surface area contributed by atoms with Crippen molar-refractivity contribution in [3.63, 3.8) is 0 Å². The lowest BCUT2D eigenvalue weighted by Gasteiger charge is -2.14. The Balaban J connectivity index is 1.66. The van der Waals surface area contributed by atoms with Crippen molar-refractivity contribution in [3.05, 3.63) is 34.3 Å². The van der Waals surface area contributed by atoms with Crippen LogP contribution in [0.25, 0.3) is 0 Å². The van der Waals surface area contributed by atoms with Gasteiger partial charge in [0.25, 0.3) is 0 Å². The van der Waals surface area contributed by atoms with E-state index in [2.05, 4.69) is 39.6 Å². The van der Waals surface area contributed by atoms with Gasteiger partial charge in [-0.2, -0.15) is 0 Å². The first-order valence-corrected chi connectivity index (χ1v) is 7.20. The molecule has 1 aliphatic heterocycles. The second-order valence-electron chi connectivity index (χ2n) is 5.04. The molecule has 5 heteroatoms. The highest BCUT2D eigenvalue weighted by Crippen LogP contribution is 2.27. The second-order valence-corrected chi connectivity index (χ2v) is 6.01. The van der Waals surface area contributed by atoms with Crippen molar-refractivity contribution in [3.8, 4) is 0 Å². The van der Waals surface area contributed by atoms with Gasteiger partial charge in [0, 0.05) is 43.3 Å². The van der Waals surface area contributed by atoms with Gasteiger partial charge in [0.1, 0.15) is 5.82 Å². The van der Waals surface area contributed by atoms with Gasteiger partial charge in [-0.1, -0.05) is 0 Å². The summed E-state index contributed by atoms with van der Waals surface area (Å²) in [5.41, 5.74) is 3.03. The highest BCUT2D eigenvalue weighted by Gasteiger charge is 2.27. The molecule has 1 atom stereocenters. The fraction of sp³-hybridized carbons (Fsp3) is 0.538. The molecule has 0 radical (unpaired) electrons. The third-order valence-corrected chi connectivity index (χ3v) is 4.30. The molecule has 3 heterocycles. The number of aryl methyl sites for hydroxylation is 2. The monoisotopic (exact) mass is 262 g/mol. The Bertz CT molecular complexity index is 517. The van der Waals surface area contributed by atoms with Crippen LogP contribution in [0.3, 0.4) is 0 Å². The van der Waals surface area contributed by atoms with Gasteiger partial charge >= 0.3 is 0 Å². The number of aromatic nitrogens is 3. The zero-order chi connectivity index (χ0) is 12.5. The zero-order valence-electron chi connectivity index (χ0n) is 10.8. The van der Waals surface area contributed by atoms with E-state index in [0.717, 1.165) is 25.3 Å². The van der Waals surface area contributed by atoms with Gasteiger partial charge in [0.05, 0.1) is 11.2 Å². The maximum Gasteiger partial charge on any atom is 0.113 e. The van der Waals surface area contributed by atoms with E-state index in [1.165, 1.54) is 17.1 Å². The molecular formula is C13H18N4S. The fourth-order valence-corrected chi connectivity index (χ4v) is 3.38. The van der Waals surface area contributed by atoms with Crippen LogP contribution < -0.4 is 0 Å². The summed E-state index contributed by atoms with van der Waals surface area (Å²) in [6, 6.07) is 0. The largest absolute Gasteiger partial charge is 0.337 e. The molecule has 3 rings (SSSR count). The first-order valence-electron chi connectivity index (χ1n) is 6.32. The van der Waals surface area contributed by atoms with Gasteiger partial charge in [-0.15, -0.1) is 11.3 Å². The smallest absolute Gasteiger partial charge is 0.113 e. The van der Waals surface area contributed by atoms with Crippen molar-refractivity contribution >= 4 is 11.3 Å². The van der Waals surface area contributed by atoms with Crippen LogP contribution in [-0.2, 0) is 13.6 Å². The topological polar surface area (TPSA) is 34.0 Å². The summed E-state index contributed by atoms with van der Waals surface area (Å²) in [5, 5.41) is 0. The molecule has 1 unspecified atom stereocenters. The lowest BCUT2D eigenvalue weighted by Crippen LogP contribution is -2.19. The van der Waals surface area contributed by atoms with Crippen molar-refractivity contribution in [2.45, 2.75) is 25.8 Å². The normalized spacial score (nSPS) is 20.7. The summed E-state index contributed by atoms with van der Waals surface area (Å²) in [6.07, 6.45) is 5.30. The molecule has 18 heavy (non-hydrogen) atoms. The fourth-order valence-electron chi connectivity index (χ4n) is 2.74. The number of nitrogens with zero attached hydrogens (tertiary/aromatic N) is 4. The predicted molar refractivity (Wildman–Crippen MR) is 72.7 cm³/mol. The van der Waals surface area contributed by atoms with E-state index in [-0.39, 0.29) is 0 Å². The number of hydrogen-bond donors (Lipinski definition) is 0. The lowest BCUT2D eigenvalue weighted by molar-refractivity contribution is 0.328. The van der Waals surface area contributed by atoms with Gasteiger partial charge in [-0.05, 0) is 19.9 Å². The molecule has 0 amide bonds. The van der Waals surface area contributed by atoms with Gasteiger partial charge in [-0.25, -0.2) is 4.98 Å². The molecule has 0 saturated carbocycles. The molecular weight excluding hydrogens is 244 g/mol. The van der Waals surface area contributed by atoms with Gasteiger partial charge in [0.2, 0.25) is 0 Å². The van der Waals surface area contributed by atoms with E-state index in [4.69, 9.17) is 0 Å². The summed E-state index contributed by atoms with van der Waals surface area (Å²) >= 11 is 1.74. The summed E-state index contributed by atoms with van der Waals surface area (Å²) in [5.74, 6) is 1.82. The highest BCUT2D eigenvalue weighted by atomic mass is 32.1. The van der Waals surface area contributed by atoms with Crippen LogP contribution >= 0.6 is 11.3 Å². The van der Waals surface area contributed by atoms with E-state index in [1.807, 2.05) is 11.7 Å². The molecule has 0 aliphatic carbocycles. The number of imidazole rings is 1. The van der Waals surface area contributed by atoms with Gasteiger partial charge < -0.3 is 4.57 Å². The minimum absolute atomic E-state index is 0.580. The van der Waals surface area contributed by atoms with E-state index in [9.17, 15) is 0 Å². The molecule has 1 aliphatic rings. The van der Waals surface area contributed by atoms with Crippen molar-refractivity contribution < 1.29 is 0 Å². The highest BCUT2D eigenvalue weighted by molar-refractivity contribution is 7.09. The summed E-state index contributed by atoms with van der Waals surface area (Å²) in [4.78, 5) is 12.6. The third kappa shape index (κ3) is 2.33. The molecule has 2 aromatic rings. The maximum absolute atomic E-state index is 4.65. The molecule has 2 aromatic heterocycles. The average Bonchev–Trinajstić information content (AvgIpc) is 3.01.